The number of nitrogens with zero attached hydrogens (tertiary/aromatic N) is 3. The van der Waals surface area contributed by atoms with Crippen LogP contribution in [0, 0.1) is 12.7 Å². The van der Waals surface area contributed by atoms with Crippen molar-refractivity contribution in [3.8, 4) is 0 Å². The van der Waals surface area contributed by atoms with Crippen LogP contribution in [0.1, 0.15) is 25.1 Å². The Morgan fingerprint density at radius 1 is 1.29 bits per heavy atom. The van der Waals surface area contributed by atoms with Crippen molar-refractivity contribution < 1.29 is 8.91 Å². The van der Waals surface area contributed by atoms with E-state index in [9.17, 15) is 4.39 Å². The Bertz CT molecular complexity index is 644. The van der Waals surface area contributed by atoms with E-state index in [0.29, 0.717) is 18.3 Å². The molecule has 1 aromatic carbocycles. The molecule has 0 saturated carbocycles. The molecule has 8 heteroatoms. The van der Waals surface area contributed by atoms with Gasteiger partial charge in [0.1, 0.15) is 12.4 Å². The topological polar surface area (TPSA) is 75.3 Å². The summed E-state index contributed by atoms with van der Waals surface area (Å²) >= 11 is 1.71. The third-order valence-corrected chi connectivity index (χ3v) is 4.08. The lowest BCUT2D eigenvalue weighted by molar-refractivity contribution is 0.376. The van der Waals surface area contributed by atoms with Crippen molar-refractivity contribution in [1.29, 1.82) is 0 Å². The van der Waals surface area contributed by atoms with E-state index in [0.717, 1.165) is 36.1 Å². The second-order valence-electron chi connectivity index (χ2n) is 5.01. The molecule has 1 heterocycles. The molecular formula is C16H22FN5OS. The van der Waals surface area contributed by atoms with E-state index in [1.54, 1.807) is 30.8 Å². The molecular weight excluding hydrogens is 329 g/mol. The minimum absolute atomic E-state index is 0.205. The normalized spacial score (nSPS) is 11.5. The van der Waals surface area contributed by atoms with Gasteiger partial charge < -0.3 is 15.2 Å². The fourth-order valence-corrected chi connectivity index (χ4v) is 2.75. The van der Waals surface area contributed by atoms with Gasteiger partial charge in [0.2, 0.25) is 5.89 Å². The predicted molar refractivity (Wildman–Crippen MR) is 93.6 cm³/mol. The van der Waals surface area contributed by atoms with Crippen LogP contribution in [0.2, 0.25) is 0 Å². The molecule has 0 radical (unpaired) electrons. The van der Waals surface area contributed by atoms with Crippen molar-refractivity contribution in [2.45, 2.75) is 31.7 Å². The fourth-order valence-electron chi connectivity index (χ4n) is 1.89. The third-order valence-electron chi connectivity index (χ3n) is 2.98. The molecule has 6 nitrogen and oxygen atoms in total. The Morgan fingerprint density at radius 3 is 2.75 bits per heavy atom. The minimum atomic E-state index is -0.205. The van der Waals surface area contributed by atoms with Crippen molar-refractivity contribution in [3.63, 3.8) is 0 Å². The summed E-state index contributed by atoms with van der Waals surface area (Å²) in [6, 6.07) is 6.56. The number of rotatable bonds is 8. The summed E-state index contributed by atoms with van der Waals surface area (Å²) in [7, 11) is 0. The highest BCUT2D eigenvalue weighted by atomic mass is 32.2. The molecule has 0 aliphatic heterocycles. The molecule has 2 aromatic rings. The molecule has 0 atom stereocenters. The first-order chi connectivity index (χ1) is 11.7. The van der Waals surface area contributed by atoms with Crippen LogP contribution in [-0.2, 0) is 6.54 Å². The van der Waals surface area contributed by atoms with Crippen molar-refractivity contribution in [2.24, 2.45) is 4.99 Å². The number of benzene rings is 1. The molecule has 0 spiro atoms. The standard InChI is InChI=1S/C16H22FN5OS/c1-3-18-16(20-11-15-21-12(2)22-23-15)19-9-4-10-24-14-7-5-13(17)6-8-14/h5-8H,3-4,9-11H2,1-2H3,(H2,18,19,20). The Hall–Kier alpha value is -2.09. The van der Waals surface area contributed by atoms with Crippen LogP contribution in [0.25, 0.3) is 0 Å². The van der Waals surface area contributed by atoms with Crippen molar-refractivity contribution in [1.82, 2.24) is 20.8 Å². The number of halogens is 1. The summed E-state index contributed by atoms with van der Waals surface area (Å²) < 4.78 is 17.9. The van der Waals surface area contributed by atoms with Crippen LogP contribution in [0.3, 0.4) is 0 Å². The van der Waals surface area contributed by atoms with E-state index >= 15 is 0 Å². The lowest BCUT2D eigenvalue weighted by Gasteiger charge is -2.10. The first kappa shape index (κ1) is 18.3. The van der Waals surface area contributed by atoms with Gasteiger partial charge in [0.25, 0.3) is 0 Å². The maximum absolute atomic E-state index is 12.8. The van der Waals surface area contributed by atoms with E-state index in [2.05, 4.69) is 25.8 Å². The Labute approximate surface area is 145 Å². The van der Waals surface area contributed by atoms with Crippen molar-refractivity contribution in [3.05, 3.63) is 41.8 Å². The Kier molecular flexibility index (Phi) is 7.54. The van der Waals surface area contributed by atoms with Crippen LogP contribution < -0.4 is 10.6 Å². The number of hydrogen-bond acceptors (Lipinski definition) is 5. The monoisotopic (exact) mass is 351 g/mol. The number of nitrogens with one attached hydrogen (secondary N) is 2. The smallest absolute Gasteiger partial charge is 0.248 e. The van der Waals surface area contributed by atoms with Crippen LogP contribution in [0.15, 0.2) is 38.7 Å². The first-order valence-electron chi connectivity index (χ1n) is 7.87. The second-order valence-corrected chi connectivity index (χ2v) is 6.18. The highest BCUT2D eigenvalue weighted by Crippen LogP contribution is 2.18. The Morgan fingerprint density at radius 2 is 2.08 bits per heavy atom. The molecule has 2 N–H and O–H groups in total. The van der Waals surface area contributed by atoms with Gasteiger partial charge in [0.05, 0.1) is 0 Å². The maximum Gasteiger partial charge on any atom is 0.248 e. The fraction of sp³-hybridized carbons (Fsp3) is 0.438. The largest absolute Gasteiger partial charge is 0.357 e. The minimum Gasteiger partial charge on any atom is -0.357 e. The summed E-state index contributed by atoms with van der Waals surface area (Å²) in [5.41, 5.74) is 0. The zero-order valence-corrected chi connectivity index (χ0v) is 14.7. The van der Waals surface area contributed by atoms with Gasteiger partial charge in [0.15, 0.2) is 11.8 Å². The first-order valence-corrected chi connectivity index (χ1v) is 8.85. The zero-order valence-electron chi connectivity index (χ0n) is 13.9. The number of thioether (sulfide) groups is 1. The molecule has 130 valence electrons. The predicted octanol–water partition coefficient (Wildman–Crippen LogP) is 2.75. The SMILES string of the molecule is CCNC(=NCc1nc(C)no1)NCCCSc1ccc(F)cc1. The van der Waals surface area contributed by atoms with Gasteiger partial charge in [-0.15, -0.1) is 11.8 Å². The molecule has 0 saturated heterocycles. The molecule has 24 heavy (non-hydrogen) atoms. The average Bonchev–Trinajstić information content (AvgIpc) is 2.99. The number of guanidine groups is 1. The number of aromatic nitrogens is 2. The molecule has 0 aliphatic rings. The van der Waals surface area contributed by atoms with Gasteiger partial charge in [-0.2, -0.15) is 4.98 Å². The summed E-state index contributed by atoms with van der Waals surface area (Å²) in [5.74, 6) is 2.57. The summed E-state index contributed by atoms with van der Waals surface area (Å²) in [4.78, 5) is 9.61. The number of aryl methyl sites for hydroxylation is 1. The van der Waals surface area contributed by atoms with Crippen molar-refractivity contribution >= 4 is 17.7 Å². The summed E-state index contributed by atoms with van der Waals surface area (Å²) in [5, 5.41) is 10.2. The quantitative estimate of drug-likeness (QED) is 0.330. The summed E-state index contributed by atoms with van der Waals surface area (Å²) in [6.45, 7) is 5.71. The average molecular weight is 351 g/mol. The van der Waals surface area contributed by atoms with Gasteiger partial charge in [-0.3, -0.25) is 0 Å². The van der Waals surface area contributed by atoms with Crippen molar-refractivity contribution in [2.75, 3.05) is 18.8 Å². The molecule has 0 amide bonds. The van der Waals surface area contributed by atoms with Gasteiger partial charge in [-0.25, -0.2) is 9.38 Å². The van der Waals surface area contributed by atoms with E-state index < -0.39 is 0 Å². The van der Waals surface area contributed by atoms with Crippen LogP contribution in [0.4, 0.5) is 4.39 Å². The zero-order chi connectivity index (χ0) is 17.2. The van der Waals surface area contributed by atoms with E-state index in [4.69, 9.17) is 4.52 Å². The lowest BCUT2D eigenvalue weighted by atomic mass is 10.4. The molecule has 0 unspecified atom stereocenters. The molecule has 0 bridgehead atoms. The van der Waals surface area contributed by atoms with Crippen LogP contribution in [0.5, 0.6) is 0 Å². The third kappa shape index (κ3) is 6.57. The highest BCUT2D eigenvalue weighted by molar-refractivity contribution is 7.99. The van der Waals surface area contributed by atoms with E-state index in [1.807, 2.05) is 6.92 Å². The van der Waals surface area contributed by atoms with Crippen LogP contribution >= 0.6 is 11.8 Å². The van der Waals surface area contributed by atoms with Crippen LogP contribution in [-0.4, -0.2) is 34.9 Å². The molecule has 0 aliphatic carbocycles. The van der Waals surface area contributed by atoms with Gasteiger partial charge >= 0.3 is 0 Å². The second kappa shape index (κ2) is 9.92. The van der Waals surface area contributed by atoms with Gasteiger partial charge in [0, 0.05) is 18.0 Å². The lowest BCUT2D eigenvalue weighted by Crippen LogP contribution is -2.37. The molecule has 1 aromatic heterocycles. The summed E-state index contributed by atoms with van der Waals surface area (Å²) in [6.07, 6.45) is 0.964. The van der Waals surface area contributed by atoms with Gasteiger partial charge in [-0.05, 0) is 50.3 Å². The van der Waals surface area contributed by atoms with E-state index in [1.165, 1.54) is 12.1 Å². The molecule has 2 rings (SSSR count). The maximum atomic E-state index is 12.8. The Balaban J connectivity index is 1.69. The number of aliphatic imine (C=N–C) groups is 1. The molecule has 0 fully saturated rings. The van der Waals surface area contributed by atoms with E-state index in [-0.39, 0.29) is 5.82 Å². The highest BCUT2D eigenvalue weighted by Gasteiger charge is 2.03. The number of hydrogen-bond donors (Lipinski definition) is 2. The van der Waals surface area contributed by atoms with Gasteiger partial charge in [-0.1, -0.05) is 5.16 Å².